The molecule has 0 bridgehead atoms. The Labute approximate surface area is 176 Å². The van der Waals surface area contributed by atoms with Gasteiger partial charge >= 0.3 is 6.09 Å². The SMILES string of the molecule is CCCCCOc1ccc(NC(=O)OC2CCCCC2N(CC)CC)cc1.Cl. The summed E-state index contributed by atoms with van der Waals surface area (Å²) in [5.74, 6) is 0.832. The molecule has 0 radical (unpaired) electrons. The molecule has 0 aliphatic heterocycles. The molecule has 1 fully saturated rings. The summed E-state index contributed by atoms with van der Waals surface area (Å²) < 4.78 is 11.5. The van der Waals surface area contributed by atoms with Crippen LogP contribution in [-0.4, -0.2) is 42.8 Å². The molecule has 1 saturated carbocycles. The Balaban J connectivity index is 0.00000392. The van der Waals surface area contributed by atoms with Crippen molar-refractivity contribution in [3.8, 4) is 5.75 Å². The highest BCUT2D eigenvalue weighted by molar-refractivity contribution is 5.85. The van der Waals surface area contributed by atoms with Crippen LogP contribution in [0.15, 0.2) is 24.3 Å². The highest BCUT2D eigenvalue weighted by Gasteiger charge is 2.31. The number of anilines is 1. The number of hydrogen-bond acceptors (Lipinski definition) is 4. The molecule has 1 aliphatic carbocycles. The smallest absolute Gasteiger partial charge is 0.411 e. The number of carbonyl (C=O) groups excluding carboxylic acids is 1. The molecule has 1 aromatic carbocycles. The number of likely N-dealkylation sites (N-methyl/N-ethyl adjacent to an activating group) is 1. The predicted molar refractivity (Wildman–Crippen MR) is 118 cm³/mol. The summed E-state index contributed by atoms with van der Waals surface area (Å²) in [4.78, 5) is 14.8. The molecule has 1 aromatic rings. The molecule has 160 valence electrons. The molecule has 2 rings (SSSR count). The summed E-state index contributed by atoms with van der Waals surface area (Å²) in [7, 11) is 0. The second-order valence-corrected chi connectivity index (χ2v) is 7.22. The summed E-state index contributed by atoms with van der Waals surface area (Å²) in [5.41, 5.74) is 0.733. The zero-order chi connectivity index (χ0) is 19.5. The third-order valence-corrected chi connectivity index (χ3v) is 5.32. The fourth-order valence-corrected chi connectivity index (χ4v) is 3.79. The molecule has 0 saturated heterocycles. The Bertz CT molecular complexity index is 549. The zero-order valence-corrected chi connectivity index (χ0v) is 18.4. The lowest BCUT2D eigenvalue weighted by Gasteiger charge is -2.38. The Morgan fingerprint density at radius 2 is 1.75 bits per heavy atom. The van der Waals surface area contributed by atoms with E-state index < -0.39 is 0 Å². The molecule has 0 heterocycles. The molecular formula is C22H37ClN2O3. The maximum Gasteiger partial charge on any atom is 0.411 e. The Kier molecular flexibility index (Phi) is 12.0. The number of carbonyl (C=O) groups is 1. The van der Waals surface area contributed by atoms with E-state index in [1.807, 2.05) is 24.3 Å². The average molecular weight is 413 g/mol. The summed E-state index contributed by atoms with van der Waals surface area (Å²) >= 11 is 0. The van der Waals surface area contributed by atoms with Gasteiger partial charge in [0.05, 0.1) is 6.61 Å². The first-order chi connectivity index (χ1) is 13.2. The highest BCUT2D eigenvalue weighted by Crippen LogP contribution is 2.26. The molecule has 1 amide bonds. The van der Waals surface area contributed by atoms with Crippen LogP contribution >= 0.6 is 12.4 Å². The minimum Gasteiger partial charge on any atom is -0.494 e. The Morgan fingerprint density at radius 3 is 2.39 bits per heavy atom. The van der Waals surface area contributed by atoms with Crippen molar-refractivity contribution in [3.63, 3.8) is 0 Å². The van der Waals surface area contributed by atoms with E-state index >= 15 is 0 Å². The fraction of sp³-hybridized carbons (Fsp3) is 0.682. The van der Waals surface area contributed by atoms with E-state index in [9.17, 15) is 4.79 Å². The van der Waals surface area contributed by atoms with E-state index in [2.05, 4.69) is 31.0 Å². The average Bonchev–Trinajstić information content (AvgIpc) is 2.69. The van der Waals surface area contributed by atoms with Gasteiger partial charge in [0, 0.05) is 11.7 Å². The third-order valence-electron chi connectivity index (χ3n) is 5.32. The van der Waals surface area contributed by atoms with Crippen LogP contribution in [-0.2, 0) is 4.74 Å². The lowest BCUT2D eigenvalue weighted by Crippen LogP contribution is -2.47. The second kappa shape index (κ2) is 13.7. The molecule has 1 aliphatic rings. The number of halogens is 1. The third kappa shape index (κ3) is 7.88. The number of nitrogens with one attached hydrogen (secondary N) is 1. The molecule has 1 N–H and O–H groups in total. The first kappa shape index (κ1) is 24.6. The molecule has 6 heteroatoms. The molecule has 2 atom stereocenters. The fourth-order valence-electron chi connectivity index (χ4n) is 3.79. The Hall–Kier alpha value is -1.46. The lowest BCUT2D eigenvalue weighted by atomic mass is 9.91. The molecule has 28 heavy (non-hydrogen) atoms. The number of amides is 1. The van der Waals surface area contributed by atoms with Crippen molar-refractivity contribution in [3.05, 3.63) is 24.3 Å². The van der Waals surface area contributed by atoms with Crippen LogP contribution in [0.2, 0.25) is 0 Å². The zero-order valence-electron chi connectivity index (χ0n) is 17.6. The van der Waals surface area contributed by atoms with E-state index in [-0.39, 0.29) is 24.6 Å². The van der Waals surface area contributed by atoms with Crippen LogP contribution < -0.4 is 10.1 Å². The normalized spacial score (nSPS) is 19.0. The van der Waals surface area contributed by atoms with Crippen molar-refractivity contribution in [1.82, 2.24) is 4.90 Å². The van der Waals surface area contributed by atoms with Gasteiger partial charge in [0.1, 0.15) is 11.9 Å². The Morgan fingerprint density at radius 1 is 1.07 bits per heavy atom. The minimum absolute atomic E-state index is 0. The maximum atomic E-state index is 12.4. The van der Waals surface area contributed by atoms with E-state index in [1.165, 1.54) is 19.3 Å². The van der Waals surface area contributed by atoms with Gasteiger partial charge in [0.2, 0.25) is 0 Å². The van der Waals surface area contributed by atoms with Gasteiger partial charge in [0.15, 0.2) is 0 Å². The summed E-state index contributed by atoms with van der Waals surface area (Å²) in [6.45, 7) is 9.22. The van der Waals surface area contributed by atoms with Crippen molar-refractivity contribution in [1.29, 1.82) is 0 Å². The summed E-state index contributed by atoms with van der Waals surface area (Å²) in [6, 6.07) is 7.83. The van der Waals surface area contributed by atoms with Gasteiger partial charge in [-0.2, -0.15) is 0 Å². The topological polar surface area (TPSA) is 50.8 Å². The van der Waals surface area contributed by atoms with Crippen LogP contribution in [0.5, 0.6) is 5.75 Å². The quantitative estimate of drug-likeness (QED) is 0.487. The summed E-state index contributed by atoms with van der Waals surface area (Å²) in [5, 5.41) is 2.85. The van der Waals surface area contributed by atoms with Gasteiger partial charge in [-0.05, 0) is 63.0 Å². The van der Waals surface area contributed by atoms with Gasteiger partial charge < -0.3 is 9.47 Å². The molecule has 5 nitrogen and oxygen atoms in total. The van der Waals surface area contributed by atoms with Crippen LogP contribution in [0.1, 0.15) is 65.7 Å². The van der Waals surface area contributed by atoms with Gasteiger partial charge in [-0.15, -0.1) is 12.4 Å². The molecular weight excluding hydrogens is 376 g/mol. The second-order valence-electron chi connectivity index (χ2n) is 7.22. The van der Waals surface area contributed by atoms with Crippen molar-refractivity contribution < 1.29 is 14.3 Å². The largest absolute Gasteiger partial charge is 0.494 e. The first-order valence-corrected chi connectivity index (χ1v) is 10.6. The number of ether oxygens (including phenoxy) is 2. The van der Waals surface area contributed by atoms with E-state index in [1.54, 1.807) is 0 Å². The van der Waals surface area contributed by atoms with Crippen LogP contribution in [0.3, 0.4) is 0 Å². The van der Waals surface area contributed by atoms with Crippen molar-refractivity contribution >= 4 is 24.2 Å². The van der Waals surface area contributed by atoms with Crippen LogP contribution in [0.25, 0.3) is 0 Å². The van der Waals surface area contributed by atoms with E-state index in [0.29, 0.717) is 6.04 Å². The number of nitrogens with zero attached hydrogens (tertiary/aromatic N) is 1. The highest BCUT2D eigenvalue weighted by atomic mass is 35.5. The monoisotopic (exact) mass is 412 g/mol. The van der Waals surface area contributed by atoms with Crippen molar-refractivity contribution in [2.24, 2.45) is 0 Å². The van der Waals surface area contributed by atoms with Gasteiger partial charge in [-0.3, -0.25) is 10.2 Å². The van der Waals surface area contributed by atoms with Crippen LogP contribution in [0, 0.1) is 0 Å². The van der Waals surface area contributed by atoms with Crippen molar-refractivity contribution in [2.75, 3.05) is 25.0 Å². The van der Waals surface area contributed by atoms with Crippen molar-refractivity contribution in [2.45, 2.75) is 77.9 Å². The number of rotatable bonds is 10. The maximum absolute atomic E-state index is 12.4. The molecule has 0 aromatic heterocycles. The van der Waals surface area contributed by atoms with Gasteiger partial charge in [-0.25, -0.2) is 4.79 Å². The summed E-state index contributed by atoms with van der Waals surface area (Å²) in [6.07, 6.45) is 7.42. The van der Waals surface area contributed by atoms with Gasteiger partial charge in [0.25, 0.3) is 0 Å². The standard InChI is InChI=1S/C22H36N2O3.ClH/c1-4-7-10-17-26-19-15-13-18(14-16-19)23-22(25)27-21-12-9-8-11-20(21)24(5-2)6-3;/h13-16,20-21H,4-12,17H2,1-3H3,(H,23,25);1H. The number of unbranched alkanes of at least 4 members (excludes halogenated alkanes) is 2. The van der Waals surface area contributed by atoms with Gasteiger partial charge in [-0.1, -0.05) is 40.0 Å². The number of hydrogen-bond donors (Lipinski definition) is 1. The van der Waals surface area contributed by atoms with Crippen LogP contribution in [0.4, 0.5) is 10.5 Å². The number of benzene rings is 1. The first-order valence-electron chi connectivity index (χ1n) is 10.6. The predicted octanol–water partition coefficient (Wildman–Crippen LogP) is 5.88. The lowest BCUT2D eigenvalue weighted by molar-refractivity contribution is 0.0125. The van der Waals surface area contributed by atoms with E-state index in [4.69, 9.17) is 9.47 Å². The van der Waals surface area contributed by atoms with E-state index in [0.717, 1.165) is 56.8 Å². The molecule has 0 spiro atoms. The molecule has 2 unspecified atom stereocenters. The minimum atomic E-state index is -0.365.